The molecular weight excluding hydrogens is 307 g/mol. The molecule has 1 unspecified atom stereocenters. The van der Waals surface area contributed by atoms with Crippen LogP contribution in [0.15, 0.2) is 59.2 Å². The molecule has 1 atom stereocenters. The van der Waals surface area contributed by atoms with Gasteiger partial charge in [0.1, 0.15) is 11.4 Å². The molecule has 96 valence electrons. The van der Waals surface area contributed by atoms with Gasteiger partial charge in [0, 0.05) is 15.8 Å². The summed E-state index contributed by atoms with van der Waals surface area (Å²) in [5, 5.41) is 1.07. The van der Waals surface area contributed by atoms with Gasteiger partial charge in [0.25, 0.3) is 0 Å². The summed E-state index contributed by atoms with van der Waals surface area (Å²) >= 11 is 3.63. The van der Waals surface area contributed by atoms with Crippen LogP contribution in [-0.4, -0.2) is 0 Å². The summed E-state index contributed by atoms with van der Waals surface area (Å²) in [6.45, 7) is 0. The van der Waals surface area contributed by atoms with Crippen molar-refractivity contribution >= 4 is 26.9 Å². The van der Waals surface area contributed by atoms with Gasteiger partial charge in [-0.3, -0.25) is 0 Å². The molecule has 1 aromatic heterocycles. The van der Waals surface area contributed by atoms with Gasteiger partial charge in [-0.25, -0.2) is 4.39 Å². The maximum atomic E-state index is 13.7. The van der Waals surface area contributed by atoms with E-state index < -0.39 is 0 Å². The summed E-state index contributed by atoms with van der Waals surface area (Å²) in [6.07, 6.45) is 2.33. The number of hydrogen-bond donors (Lipinski definition) is 0. The van der Waals surface area contributed by atoms with Crippen molar-refractivity contribution in [1.29, 1.82) is 0 Å². The molecule has 3 aromatic rings. The Balaban J connectivity index is 1.92. The van der Waals surface area contributed by atoms with Crippen LogP contribution in [0.25, 0.3) is 11.0 Å². The van der Waals surface area contributed by atoms with Crippen LogP contribution >= 0.6 is 15.9 Å². The molecule has 0 aliphatic rings. The van der Waals surface area contributed by atoms with Gasteiger partial charge in [-0.1, -0.05) is 52.3 Å². The lowest BCUT2D eigenvalue weighted by molar-refractivity contribution is 0.601. The molecule has 0 saturated carbocycles. The Kier molecular flexibility index (Phi) is 3.38. The summed E-state index contributed by atoms with van der Waals surface area (Å²) in [4.78, 5) is 0.0352. The molecule has 1 nitrogen and oxygen atoms in total. The van der Waals surface area contributed by atoms with E-state index in [0.29, 0.717) is 12.0 Å². The van der Waals surface area contributed by atoms with E-state index >= 15 is 0 Å². The van der Waals surface area contributed by atoms with Crippen molar-refractivity contribution in [3.63, 3.8) is 0 Å². The summed E-state index contributed by atoms with van der Waals surface area (Å²) in [6, 6.07) is 14.7. The maximum absolute atomic E-state index is 13.7. The molecule has 0 fully saturated rings. The molecule has 3 rings (SSSR count). The highest BCUT2D eigenvalue weighted by Gasteiger charge is 2.16. The second-order valence-electron chi connectivity index (χ2n) is 4.45. The Labute approximate surface area is 119 Å². The predicted octanol–water partition coefficient (Wildman–Crippen LogP) is 5.25. The van der Waals surface area contributed by atoms with Crippen LogP contribution in [0.2, 0.25) is 0 Å². The molecule has 0 N–H and O–H groups in total. The second kappa shape index (κ2) is 5.17. The zero-order chi connectivity index (χ0) is 13.2. The molecule has 1 heterocycles. The Morgan fingerprint density at radius 1 is 1.05 bits per heavy atom. The third kappa shape index (κ3) is 2.43. The van der Waals surface area contributed by atoms with Crippen molar-refractivity contribution in [2.24, 2.45) is 0 Å². The lowest BCUT2D eigenvalue weighted by Crippen LogP contribution is -1.97. The van der Waals surface area contributed by atoms with E-state index in [1.165, 1.54) is 6.07 Å². The molecular formula is C16H12BrFO. The Bertz CT molecular complexity index is 705. The van der Waals surface area contributed by atoms with Gasteiger partial charge in [-0.15, -0.1) is 0 Å². The lowest BCUT2D eigenvalue weighted by atomic mass is 10.0. The fraction of sp³-hybridized carbons (Fsp3) is 0.125. The zero-order valence-corrected chi connectivity index (χ0v) is 11.7. The number of halogens is 2. The normalized spacial score (nSPS) is 12.7. The molecule has 0 saturated heterocycles. The summed E-state index contributed by atoms with van der Waals surface area (Å²) in [5.41, 5.74) is 2.61. The van der Waals surface area contributed by atoms with E-state index in [9.17, 15) is 4.39 Å². The minimum absolute atomic E-state index is 0.0352. The summed E-state index contributed by atoms with van der Waals surface area (Å²) in [5.74, 6) is -0.167. The van der Waals surface area contributed by atoms with Gasteiger partial charge in [-0.05, 0) is 24.1 Å². The molecule has 19 heavy (non-hydrogen) atoms. The molecule has 0 aliphatic heterocycles. The molecule has 0 amide bonds. The summed E-state index contributed by atoms with van der Waals surface area (Å²) < 4.78 is 19.2. The number of alkyl halides is 1. The molecule has 0 spiro atoms. The average Bonchev–Trinajstić information content (AvgIpc) is 2.85. The molecule has 0 aliphatic carbocycles. The Morgan fingerprint density at radius 2 is 1.79 bits per heavy atom. The molecule has 0 bridgehead atoms. The lowest BCUT2D eigenvalue weighted by Gasteiger charge is -2.09. The van der Waals surface area contributed by atoms with E-state index in [1.54, 1.807) is 12.3 Å². The van der Waals surface area contributed by atoms with Crippen LogP contribution in [-0.2, 0) is 6.42 Å². The van der Waals surface area contributed by atoms with Crippen molar-refractivity contribution in [3.8, 4) is 0 Å². The quantitative estimate of drug-likeness (QED) is 0.601. The van der Waals surface area contributed by atoms with Crippen LogP contribution in [0.5, 0.6) is 0 Å². The molecule has 3 heteroatoms. The van der Waals surface area contributed by atoms with E-state index in [2.05, 4.69) is 15.9 Å². The van der Waals surface area contributed by atoms with Gasteiger partial charge in [-0.2, -0.15) is 0 Å². The highest BCUT2D eigenvalue weighted by molar-refractivity contribution is 9.09. The average molecular weight is 319 g/mol. The minimum Gasteiger partial charge on any atom is -0.464 e. The van der Waals surface area contributed by atoms with Crippen molar-refractivity contribution in [2.75, 3.05) is 0 Å². The van der Waals surface area contributed by atoms with Crippen LogP contribution < -0.4 is 0 Å². The van der Waals surface area contributed by atoms with Gasteiger partial charge in [0.05, 0.1) is 6.26 Å². The van der Waals surface area contributed by atoms with Crippen LogP contribution in [0, 0.1) is 5.82 Å². The third-order valence-corrected chi connectivity index (χ3v) is 4.02. The smallest absolute Gasteiger partial charge is 0.134 e. The fourth-order valence-electron chi connectivity index (χ4n) is 2.21. The number of para-hydroxylation sites is 1. The van der Waals surface area contributed by atoms with Gasteiger partial charge in [0.15, 0.2) is 0 Å². The third-order valence-electron chi connectivity index (χ3n) is 3.21. The number of hydrogen-bond acceptors (Lipinski definition) is 1. The van der Waals surface area contributed by atoms with E-state index in [4.69, 9.17) is 4.42 Å². The Morgan fingerprint density at radius 3 is 2.63 bits per heavy atom. The fourth-order valence-corrected chi connectivity index (χ4v) is 2.91. The van der Waals surface area contributed by atoms with E-state index in [-0.39, 0.29) is 10.6 Å². The predicted molar refractivity (Wildman–Crippen MR) is 78.0 cm³/mol. The molecule has 2 aromatic carbocycles. The first-order chi connectivity index (χ1) is 9.25. The first-order valence-electron chi connectivity index (χ1n) is 6.09. The topological polar surface area (TPSA) is 13.1 Å². The van der Waals surface area contributed by atoms with Crippen LogP contribution in [0.4, 0.5) is 4.39 Å². The second-order valence-corrected chi connectivity index (χ2v) is 5.56. The van der Waals surface area contributed by atoms with Gasteiger partial charge >= 0.3 is 0 Å². The highest BCUT2D eigenvalue weighted by atomic mass is 79.9. The van der Waals surface area contributed by atoms with Gasteiger partial charge < -0.3 is 4.42 Å². The highest BCUT2D eigenvalue weighted by Crippen LogP contribution is 2.34. The van der Waals surface area contributed by atoms with Crippen LogP contribution in [0.1, 0.15) is 16.0 Å². The minimum atomic E-state index is -0.167. The number of furan rings is 1. The van der Waals surface area contributed by atoms with Crippen molar-refractivity contribution in [2.45, 2.75) is 11.2 Å². The van der Waals surface area contributed by atoms with Gasteiger partial charge in [0.2, 0.25) is 0 Å². The van der Waals surface area contributed by atoms with Crippen molar-refractivity contribution in [3.05, 3.63) is 71.7 Å². The van der Waals surface area contributed by atoms with E-state index in [1.807, 2.05) is 36.4 Å². The van der Waals surface area contributed by atoms with E-state index in [0.717, 1.165) is 16.5 Å². The first-order valence-corrected chi connectivity index (χ1v) is 7.01. The largest absolute Gasteiger partial charge is 0.464 e. The zero-order valence-electron chi connectivity index (χ0n) is 10.1. The molecule has 0 radical (unpaired) electrons. The monoisotopic (exact) mass is 318 g/mol. The number of fused-ring (bicyclic) bond motifs is 1. The summed E-state index contributed by atoms with van der Waals surface area (Å²) in [7, 11) is 0. The first kappa shape index (κ1) is 12.4. The number of rotatable bonds is 3. The van der Waals surface area contributed by atoms with Crippen molar-refractivity contribution in [1.82, 2.24) is 0 Å². The Hall–Kier alpha value is -1.61. The van der Waals surface area contributed by atoms with Crippen LogP contribution in [0.3, 0.4) is 0 Å². The maximum Gasteiger partial charge on any atom is 0.134 e. The number of benzene rings is 2. The SMILES string of the molecule is Fc1ccccc1CC(Br)c1coc2ccccc12. The van der Waals surface area contributed by atoms with Crippen molar-refractivity contribution < 1.29 is 8.81 Å². The standard InChI is InChI=1S/C16H12BrFO/c17-14(9-11-5-1-3-7-15(11)18)13-10-19-16-8-4-2-6-12(13)16/h1-8,10,14H,9H2.